The number of amides is 1. The summed E-state index contributed by atoms with van der Waals surface area (Å²) >= 11 is 0. The Bertz CT molecular complexity index is 388. The Morgan fingerprint density at radius 1 is 1.39 bits per heavy atom. The minimum absolute atomic E-state index is 0.0895. The lowest BCUT2D eigenvalue weighted by Gasteiger charge is -2.32. The molecule has 18 heavy (non-hydrogen) atoms. The van der Waals surface area contributed by atoms with Gasteiger partial charge < -0.3 is 14.9 Å². The van der Waals surface area contributed by atoms with E-state index in [9.17, 15) is 19.8 Å². The third-order valence-electron chi connectivity index (χ3n) is 3.63. The summed E-state index contributed by atoms with van der Waals surface area (Å²) in [7, 11) is 0. The topological polar surface area (TPSA) is 87.1 Å². The number of carboxylic acid groups (broad SMARTS) is 1. The molecule has 3 atom stereocenters. The van der Waals surface area contributed by atoms with Crippen LogP contribution in [-0.4, -0.2) is 50.5 Å². The van der Waals surface area contributed by atoms with Crippen LogP contribution in [0.2, 0.25) is 0 Å². The van der Waals surface area contributed by atoms with Crippen LogP contribution in [0, 0.1) is 0 Å². The van der Waals surface area contributed by atoms with E-state index in [0.29, 0.717) is 12.8 Å². The summed E-state index contributed by atoms with van der Waals surface area (Å²) in [6.07, 6.45) is -0.450. The van der Waals surface area contributed by atoms with E-state index in [0.717, 1.165) is 0 Å². The van der Waals surface area contributed by atoms with Gasteiger partial charge in [-0.3, -0.25) is 4.90 Å². The molecule has 102 valence electrons. The van der Waals surface area contributed by atoms with Gasteiger partial charge in [-0.1, -0.05) is 0 Å². The standard InChI is InChI=1S/C12H19NO5/c1-11(2,3)18-10(17)13-7-4-5-12(13,9(15)16)6-8(7)14/h7-8,14H,4-6H2,1-3H3,(H,15,16). The third kappa shape index (κ3) is 1.84. The van der Waals surface area contributed by atoms with E-state index in [4.69, 9.17) is 4.74 Å². The van der Waals surface area contributed by atoms with Crippen molar-refractivity contribution in [2.75, 3.05) is 0 Å². The molecular formula is C12H19NO5. The van der Waals surface area contributed by atoms with E-state index in [1.54, 1.807) is 20.8 Å². The Labute approximate surface area is 106 Å². The van der Waals surface area contributed by atoms with Crippen LogP contribution >= 0.6 is 0 Å². The normalized spacial score (nSPS) is 34.8. The summed E-state index contributed by atoms with van der Waals surface area (Å²) in [6, 6.07) is -0.434. The smallest absolute Gasteiger partial charge is 0.411 e. The average Bonchev–Trinajstić information content (AvgIpc) is 2.67. The second-order valence-electron chi connectivity index (χ2n) is 6.06. The molecule has 0 aliphatic carbocycles. The Balaban J connectivity index is 2.27. The van der Waals surface area contributed by atoms with Gasteiger partial charge in [0.2, 0.25) is 0 Å². The number of ether oxygens (including phenoxy) is 1. The fraction of sp³-hybridized carbons (Fsp3) is 0.833. The van der Waals surface area contributed by atoms with E-state index in [1.807, 2.05) is 0 Å². The summed E-state index contributed by atoms with van der Waals surface area (Å²) < 4.78 is 5.24. The Hall–Kier alpha value is -1.30. The fourth-order valence-corrected chi connectivity index (χ4v) is 2.92. The van der Waals surface area contributed by atoms with Crippen LogP contribution in [0.3, 0.4) is 0 Å². The zero-order valence-electron chi connectivity index (χ0n) is 10.8. The van der Waals surface area contributed by atoms with Gasteiger partial charge in [-0.05, 0) is 33.6 Å². The monoisotopic (exact) mass is 257 g/mol. The van der Waals surface area contributed by atoms with Crippen LogP contribution in [0.15, 0.2) is 0 Å². The highest BCUT2D eigenvalue weighted by Crippen LogP contribution is 2.47. The molecule has 2 aliphatic heterocycles. The predicted octanol–water partition coefficient (Wildman–Crippen LogP) is 0.974. The second-order valence-corrected chi connectivity index (χ2v) is 6.06. The number of aliphatic hydroxyl groups excluding tert-OH is 1. The molecule has 2 heterocycles. The number of fused-ring (bicyclic) bond motifs is 2. The molecule has 2 saturated heterocycles. The zero-order valence-corrected chi connectivity index (χ0v) is 10.8. The zero-order chi connectivity index (χ0) is 13.7. The number of aliphatic hydroxyl groups is 1. The van der Waals surface area contributed by atoms with Crippen molar-refractivity contribution >= 4 is 12.1 Å². The molecule has 0 spiro atoms. The van der Waals surface area contributed by atoms with Crippen molar-refractivity contribution in [3.05, 3.63) is 0 Å². The molecule has 6 nitrogen and oxygen atoms in total. The lowest BCUT2D eigenvalue weighted by Crippen LogP contribution is -2.52. The lowest BCUT2D eigenvalue weighted by atomic mass is 9.86. The molecule has 2 rings (SSSR count). The minimum atomic E-state index is -1.29. The van der Waals surface area contributed by atoms with Gasteiger partial charge >= 0.3 is 12.1 Å². The van der Waals surface area contributed by atoms with Gasteiger partial charge in [-0.2, -0.15) is 0 Å². The minimum Gasteiger partial charge on any atom is -0.479 e. The van der Waals surface area contributed by atoms with E-state index < -0.39 is 35.3 Å². The molecular weight excluding hydrogens is 238 g/mol. The number of aliphatic carboxylic acids is 1. The van der Waals surface area contributed by atoms with Crippen molar-refractivity contribution in [2.45, 2.75) is 63.3 Å². The van der Waals surface area contributed by atoms with Crippen molar-refractivity contribution in [3.63, 3.8) is 0 Å². The van der Waals surface area contributed by atoms with Crippen LogP contribution < -0.4 is 0 Å². The Morgan fingerprint density at radius 2 is 2.00 bits per heavy atom. The first-order valence-corrected chi connectivity index (χ1v) is 6.11. The highest BCUT2D eigenvalue weighted by atomic mass is 16.6. The first-order chi connectivity index (χ1) is 8.17. The van der Waals surface area contributed by atoms with Crippen LogP contribution in [0.4, 0.5) is 4.79 Å². The van der Waals surface area contributed by atoms with Crippen molar-refractivity contribution in [1.29, 1.82) is 0 Å². The van der Waals surface area contributed by atoms with Crippen LogP contribution in [0.5, 0.6) is 0 Å². The quantitative estimate of drug-likeness (QED) is 0.731. The molecule has 3 unspecified atom stereocenters. The summed E-state index contributed by atoms with van der Waals surface area (Å²) in [4.78, 5) is 24.8. The highest BCUT2D eigenvalue weighted by Gasteiger charge is 2.63. The first kappa shape index (κ1) is 13.1. The number of hydrogen-bond acceptors (Lipinski definition) is 4. The van der Waals surface area contributed by atoms with Crippen molar-refractivity contribution in [2.24, 2.45) is 0 Å². The maximum Gasteiger partial charge on any atom is 0.411 e. The summed E-state index contributed by atoms with van der Waals surface area (Å²) in [5, 5.41) is 19.2. The molecule has 6 heteroatoms. The van der Waals surface area contributed by atoms with E-state index in [2.05, 4.69) is 0 Å². The largest absolute Gasteiger partial charge is 0.479 e. The van der Waals surface area contributed by atoms with Crippen LogP contribution in [0.1, 0.15) is 40.0 Å². The van der Waals surface area contributed by atoms with Gasteiger partial charge in [0.05, 0.1) is 12.1 Å². The number of hydrogen-bond donors (Lipinski definition) is 2. The van der Waals surface area contributed by atoms with Crippen molar-refractivity contribution in [3.8, 4) is 0 Å². The Kier molecular flexibility index (Phi) is 2.81. The fourth-order valence-electron chi connectivity index (χ4n) is 2.92. The molecule has 0 aromatic heterocycles. The van der Waals surface area contributed by atoms with Gasteiger partial charge in [0.15, 0.2) is 0 Å². The van der Waals surface area contributed by atoms with E-state index in [1.165, 1.54) is 4.90 Å². The van der Waals surface area contributed by atoms with Crippen molar-refractivity contribution < 1.29 is 24.5 Å². The van der Waals surface area contributed by atoms with Crippen LogP contribution in [0.25, 0.3) is 0 Å². The van der Waals surface area contributed by atoms with Crippen LogP contribution in [-0.2, 0) is 9.53 Å². The molecule has 2 aliphatic rings. The van der Waals surface area contributed by atoms with Gasteiger partial charge in [0, 0.05) is 6.42 Å². The molecule has 0 aromatic rings. The third-order valence-corrected chi connectivity index (χ3v) is 3.63. The molecule has 0 radical (unpaired) electrons. The maximum absolute atomic E-state index is 12.1. The Morgan fingerprint density at radius 3 is 2.44 bits per heavy atom. The molecule has 2 fully saturated rings. The number of carboxylic acids is 1. The molecule has 1 amide bonds. The van der Waals surface area contributed by atoms with Gasteiger partial charge in [-0.15, -0.1) is 0 Å². The van der Waals surface area contributed by atoms with E-state index >= 15 is 0 Å². The number of carbonyl (C=O) groups is 2. The molecule has 2 bridgehead atoms. The van der Waals surface area contributed by atoms with Gasteiger partial charge in [-0.25, -0.2) is 9.59 Å². The highest BCUT2D eigenvalue weighted by molar-refractivity contribution is 5.86. The summed E-state index contributed by atoms with van der Waals surface area (Å²) in [5.41, 5.74) is -1.96. The summed E-state index contributed by atoms with van der Waals surface area (Å²) in [6.45, 7) is 5.19. The predicted molar refractivity (Wildman–Crippen MR) is 62.1 cm³/mol. The van der Waals surface area contributed by atoms with Gasteiger partial charge in [0.25, 0.3) is 0 Å². The SMILES string of the molecule is CC(C)(C)OC(=O)N1C2CCC1(C(=O)O)CC2O. The number of nitrogens with zero attached hydrogens (tertiary/aromatic N) is 1. The maximum atomic E-state index is 12.1. The second kappa shape index (κ2) is 3.85. The van der Waals surface area contributed by atoms with E-state index in [-0.39, 0.29) is 6.42 Å². The molecule has 0 saturated carbocycles. The summed E-state index contributed by atoms with van der Waals surface area (Å²) in [5.74, 6) is -1.06. The number of carbonyl (C=O) groups excluding carboxylic acids is 1. The lowest BCUT2D eigenvalue weighted by molar-refractivity contribution is -0.148. The van der Waals surface area contributed by atoms with Gasteiger partial charge in [0.1, 0.15) is 11.1 Å². The first-order valence-electron chi connectivity index (χ1n) is 6.11. The molecule has 0 aromatic carbocycles. The molecule has 2 N–H and O–H groups in total. The number of rotatable bonds is 1. The average molecular weight is 257 g/mol. The van der Waals surface area contributed by atoms with Crippen molar-refractivity contribution in [1.82, 2.24) is 4.90 Å².